The molecular weight excluding hydrogens is 168 g/mol. The van der Waals surface area contributed by atoms with E-state index in [-0.39, 0.29) is 0 Å². The molecule has 76 valence electrons. The lowest BCUT2D eigenvalue weighted by Gasteiger charge is -1.89. The van der Waals surface area contributed by atoms with Crippen molar-refractivity contribution in [2.45, 2.75) is 27.7 Å². The van der Waals surface area contributed by atoms with E-state index in [4.69, 9.17) is 0 Å². The summed E-state index contributed by atoms with van der Waals surface area (Å²) in [5, 5.41) is 0. The number of benzene rings is 1. The highest BCUT2D eigenvalue weighted by Crippen LogP contribution is 1.90. The average Bonchev–Trinajstić information content (AvgIpc) is 2.18. The maximum atomic E-state index is 3.09. The summed E-state index contributed by atoms with van der Waals surface area (Å²) in [4.78, 5) is 0. The Hall–Kier alpha value is -1.22. The summed E-state index contributed by atoms with van der Waals surface area (Å²) in [6, 6.07) is 12.0. The van der Waals surface area contributed by atoms with E-state index in [0.29, 0.717) is 11.8 Å². The summed E-state index contributed by atoms with van der Waals surface area (Å²) in [5.41, 5.74) is 0. The molecule has 0 aliphatic rings. The second-order valence-corrected chi connectivity index (χ2v) is 3.75. The van der Waals surface area contributed by atoms with Gasteiger partial charge in [0.25, 0.3) is 0 Å². The Morgan fingerprint density at radius 1 is 0.571 bits per heavy atom. The van der Waals surface area contributed by atoms with Gasteiger partial charge in [-0.1, -0.05) is 64.1 Å². The van der Waals surface area contributed by atoms with Gasteiger partial charge in [0.2, 0.25) is 0 Å². The van der Waals surface area contributed by atoms with Crippen molar-refractivity contribution in [3.05, 3.63) is 36.4 Å². The summed E-state index contributed by atoms with van der Waals surface area (Å²) in [5.74, 6) is 7.24. The van der Waals surface area contributed by atoms with E-state index < -0.39 is 0 Å². The molecule has 0 N–H and O–H groups in total. The van der Waals surface area contributed by atoms with Gasteiger partial charge < -0.3 is 0 Å². The van der Waals surface area contributed by atoms with Crippen LogP contribution in [0, 0.1) is 23.7 Å². The lowest BCUT2D eigenvalue weighted by molar-refractivity contribution is 0.833. The molecule has 0 unspecified atom stereocenters. The molecule has 0 atom stereocenters. The van der Waals surface area contributed by atoms with E-state index in [2.05, 4.69) is 39.5 Å². The minimum absolute atomic E-state index is 0.525. The van der Waals surface area contributed by atoms with E-state index in [1.807, 2.05) is 36.4 Å². The van der Waals surface area contributed by atoms with E-state index in [1.54, 1.807) is 0 Å². The molecule has 0 saturated heterocycles. The first-order valence-corrected chi connectivity index (χ1v) is 5.14. The van der Waals surface area contributed by atoms with E-state index in [9.17, 15) is 0 Å². The predicted molar refractivity (Wildman–Crippen MR) is 63.9 cm³/mol. The molecule has 1 rings (SSSR count). The second kappa shape index (κ2) is 8.38. The largest absolute Gasteiger partial charge is 0.100 e. The lowest BCUT2D eigenvalue weighted by Crippen LogP contribution is -1.82. The minimum Gasteiger partial charge on any atom is -0.100 e. The summed E-state index contributed by atoms with van der Waals surface area (Å²) >= 11 is 0. The Labute approximate surface area is 88.4 Å². The van der Waals surface area contributed by atoms with Gasteiger partial charge in [0, 0.05) is 11.8 Å². The van der Waals surface area contributed by atoms with Gasteiger partial charge in [-0.05, 0) is 0 Å². The molecule has 1 aromatic rings. The van der Waals surface area contributed by atoms with Crippen LogP contribution in [-0.2, 0) is 0 Å². The molecule has 0 spiro atoms. The van der Waals surface area contributed by atoms with Gasteiger partial charge in [0.1, 0.15) is 0 Å². The summed E-state index contributed by atoms with van der Waals surface area (Å²) in [7, 11) is 0. The smallest absolute Gasteiger partial charge is 0.0146 e. The first kappa shape index (κ1) is 12.8. The Bertz CT molecular complexity index is 220. The van der Waals surface area contributed by atoms with Crippen molar-refractivity contribution in [1.82, 2.24) is 0 Å². The zero-order valence-electron chi connectivity index (χ0n) is 9.62. The van der Waals surface area contributed by atoms with Crippen molar-refractivity contribution in [3.8, 4) is 11.8 Å². The normalized spacial score (nSPS) is 8.71. The van der Waals surface area contributed by atoms with E-state index >= 15 is 0 Å². The van der Waals surface area contributed by atoms with Crippen LogP contribution in [-0.4, -0.2) is 0 Å². The Morgan fingerprint density at radius 3 is 0.929 bits per heavy atom. The van der Waals surface area contributed by atoms with Crippen molar-refractivity contribution in [2.24, 2.45) is 11.8 Å². The van der Waals surface area contributed by atoms with Crippen molar-refractivity contribution in [3.63, 3.8) is 0 Å². The zero-order valence-corrected chi connectivity index (χ0v) is 9.62. The summed E-state index contributed by atoms with van der Waals surface area (Å²) in [6.07, 6.45) is 0. The molecule has 1 aromatic carbocycles. The molecule has 0 radical (unpaired) electrons. The molecule has 0 bridgehead atoms. The molecule has 0 aliphatic heterocycles. The van der Waals surface area contributed by atoms with E-state index in [1.165, 1.54) is 0 Å². The number of rotatable bonds is 0. The third-order valence-electron chi connectivity index (χ3n) is 1.33. The van der Waals surface area contributed by atoms with Crippen molar-refractivity contribution >= 4 is 0 Å². The minimum atomic E-state index is 0.525. The third-order valence-corrected chi connectivity index (χ3v) is 1.33. The van der Waals surface area contributed by atoms with Gasteiger partial charge in [-0.25, -0.2) is 0 Å². The molecule has 0 amide bonds. The lowest BCUT2D eigenvalue weighted by atomic mass is 10.2. The fourth-order valence-corrected chi connectivity index (χ4v) is 0.718. The first-order chi connectivity index (χ1) is 6.63. The fourth-order valence-electron chi connectivity index (χ4n) is 0.718. The zero-order chi connectivity index (χ0) is 10.8. The van der Waals surface area contributed by atoms with Crippen molar-refractivity contribution in [2.75, 3.05) is 0 Å². The van der Waals surface area contributed by atoms with Gasteiger partial charge in [0.05, 0.1) is 0 Å². The van der Waals surface area contributed by atoms with Crippen LogP contribution < -0.4 is 0 Å². The highest BCUT2D eigenvalue weighted by Gasteiger charge is 1.83. The van der Waals surface area contributed by atoms with Crippen LogP contribution in [0.4, 0.5) is 0 Å². The first-order valence-electron chi connectivity index (χ1n) is 5.14. The van der Waals surface area contributed by atoms with Crippen molar-refractivity contribution in [1.29, 1.82) is 0 Å². The van der Waals surface area contributed by atoms with Crippen LogP contribution in [0.5, 0.6) is 0 Å². The quantitative estimate of drug-likeness (QED) is 0.540. The van der Waals surface area contributed by atoms with Crippen LogP contribution >= 0.6 is 0 Å². The second-order valence-electron chi connectivity index (χ2n) is 3.75. The molecule has 14 heavy (non-hydrogen) atoms. The Balaban J connectivity index is 0.000000249. The monoisotopic (exact) mass is 188 g/mol. The number of hydrogen-bond donors (Lipinski definition) is 0. The maximum absolute atomic E-state index is 3.09. The van der Waals surface area contributed by atoms with Crippen LogP contribution in [0.2, 0.25) is 0 Å². The molecule has 0 fully saturated rings. The van der Waals surface area contributed by atoms with Gasteiger partial charge >= 0.3 is 0 Å². The van der Waals surface area contributed by atoms with Crippen LogP contribution in [0.3, 0.4) is 0 Å². The van der Waals surface area contributed by atoms with E-state index in [0.717, 1.165) is 0 Å². The fraction of sp³-hybridized carbons (Fsp3) is 0.429. The third kappa shape index (κ3) is 10.8. The summed E-state index contributed by atoms with van der Waals surface area (Å²) < 4.78 is 0. The molecule has 0 heterocycles. The topological polar surface area (TPSA) is 0 Å². The maximum Gasteiger partial charge on any atom is 0.0146 e. The molecule has 0 aliphatic carbocycles. The highest BCUT2D eigenvalue weighted by molar-refractivity contribution is 5.03. The van der Waals surface area contributed by atoms with Gasteiger partial charge in [0.15, 0.2) is 0 Å². The molecule has 0 heteroatoms. The van der Waals surface area contributed by atoms with Crippen LogP contribution in [0.25, 0.3) is 0 Å². The van der Waals surface area contributed by atoms with Crippen LogP contribution in [0.15, 0.2) is 36.4 Å². The SMILES string of the molecule is CC(C)C#CC(C)C.c1ccccc1. The Morgan fingerprint density at radius 2 is 0.786 bits per heavy atom. The number of hydrogen-bond acceptors (Lipinski definition) is 0. The molecule has 0 nitrogen and oxygen atoms in total. The average molecular weight is 188 g/mol. The van der Waals surface area contributed by atoms with Gasteiger partial charge in [-0.2, -0.15) is 0 Å². The molecule has 0 aromatic heterocycles. The van der Waals surface area contributed by atoms with Crippen LogP contribution in [0.1, 0.15) is 27.7 Å². The highest BCUT2D eigenvalue weighted by atomic mass is 13.9. The molecule has 0 saturated carbocycles. The molecular formula is C14H20. The van der Waals surface area contributed by atoms with Gasteiger partial charge in [-0.15, -0.1) is 11.8 Å². The van der Waals surface area contributed by atoms with Gasteiger partial charge in [-0.3, -0.25) is 0 Å². The standard InChI is InChI=1S/C8H14.C6H6/c1-7(2)5-6-8(3)4;1-2-4-6-5-3-1/h7-8H,1-4H3;1-6H. The summed E-state index contributed by atoms with van der Waals surface area (Å²) in [6.45, 7) is 8.43. The predicted octanol–water partition coefficient (Wildman–Crippen LogP) is 3.99. The Kier molecular flexibility index (Phi) is 7.65. The van der Waals surface area contributed by atoms with Crippen molar-refractivity contribution < 1.29 is 0 Å².